The summed E-state index contributed by atoms with van der Waals surface area (Å²) in [6.07, 6.45) is 10.7. The van der Waals surface area contributed by atoms with Crippen molar-refractivity contribution in [3.63, 3.8) is 0 Å². The van der Waals surface area contributed by atoms with Crippen molar-refractivity contribution in [2.75, 3.05) is 32.0 Å². The molecule has 1 saturated heterocycles. The monoisotopic (exact) mass is 431 g/mol. The number of furan rings is 1. The Hall–Kier alpha value is -2.45. The van der Waals surface area contributed by atoms with Crippen LogP contribution in [0, 0.1) is 0 Å². The number of likely N-dealkylation sites (tertiary alicyclic amines) is 1. The number of hydrogen-bond acceptors (Lipinski definition) is 6. The zero-order chi connectivity index (χ0) is 21.0. The maximum absolute atomic E-state index is 11.9. The molecule has 1 aliphatic rings. The highest BCUT2D eigenvalue weighted by molar-refractivity contribution is 7.84. The first-order valence-electron chi connectivity index (χ1n) is 10.3. The molecule has 0 bridgehead atoms. The highest BCUT2D eigenvalue weighted by atomic mass is 32.2. The average Bonchev–Trinajstić information content (AvgIpc) is 3.25. The van der Waals surface area contributed by atoms with Crippen molar-refractivity contribution in [1.82, 2.24) is 15.2 Å². The Bertz CT molecular complexity index is 833. The van der Waals surface area contributed by atoms with Gasteiger partial charge in [-0.1, -0.05) is 18.6 Å². The number of pyridine rings is 1. The van der Waals surface area contributed by atoms with Gasteiger partial charge in [-0.25, -0.2) is 4.98 Å². The number of nitrogens with one attached hydrogen (secondary N) is 1. The second-order valence-corrected chi connectivity index (χ2v) is 8.66. The molecule has 7 nitrogen and oxygen atoms in total. The molecule has 0 aliphatic carbocycles. The summed E-state index contributed by atoms with van der Waals surface area (Å²) in [5, 5.41) is 2.73. The lowest BCUT2D eigenvalue weighted by Crippen LogP contribution is -2.29. The van der Waals surface area contributed by atoms with Crippen LogP contribution in [0.5, 0.6) is 5.88 Å². The number of aromatic nitrogens is 1. The summed E-state index contributed by atoms with van der Waals surface area (Å²) in [4.78, 5) is 18.7. The van der Waals surface area contributed by atoms with Crippen LogP contribution in [-0.4, -0.2) is 52.0 Å². The lowest BCUT2D eigenvalue weighted by atomic mass is 10.1. The number of hydrogen-bond donors (Lipinski definition) is 1. The van der Waals surface area contributed by atoms with E-state index in [-0.39, 0.29) is 17.4 Å². The van der Waals surface area contributed by atoms with E-state index < -0.39 is 10.8 Å². The van der Waals surface area contributed by atoms with Crippen LogP contribution in [0.15, 0.2) is 53.3 Å². The van der Waals surface area contributed by atoms with Gasteiger partial charge in [0.1, 0.15) is 18.1 Å². The van der Waals surface area contributed by atoms with E-state index in [1.807, 2.05) is 18.2 Å². The van der Waals surface area contributed by atoms with Gasteiger partial charge in [0.05, 0.1) is 12.0 Å². The van der Waals surface area contributed by atoms with Gasteiger partial charge in [-0.05, 0) is 50.2 Å². The minimum Gasteiger partial charge on any atom is -0.473 e. The molecule has 2 aromatic heterocycles. The molecule has 30 heavy (non-hydrogen) atoms. The van der Waals surface area contributed by atoms with Crippen molar-refractivity contribution in [2.45, 2.75) is 31.6 Å². The van der Waals surface area contributed by atoms with Gasteiger partial charge in [0.25, 0.3) is 0 Å². The number of carbonyl (C=O) groups excluding carboxylic acids is 1. The third-order valence-corrected chi connectivity index (χ3v) is 5.96. The Labute approximate surface area is 180 Å². The van der Waals surface area contributed by atoms with Crippen molar-refractivity contribution in [1.29, 1.82) is 0 Å². The van der Waals surface area contributed by atoms with E-state index in [0.717, 1.165) is 25.2 Å². The summed E-state index contributed by atoms with van der Waals surface area (Å²) < 4.78 is 22.9. The SMILES string of the molecule is O=C(C[S@](=O)Cc1ccco1)NC/C=C\COc1ncccc1CN1CCCCC1. The van der Waals surface area contributed by atoms with Gasteiger partial charge in [0, 0.05) is 35.6 Å². The first-order chi connectivity index (χ1) is 14.7. The lowest BCUT2D eigenvalue weighted by molar-refractivity contribution is -0.118. The molecular weight excluding hydrogens is 402 g/mol. The van der Waals surface area contributed by atoms with Gasteiger partial charge in [-0.15, -0.1) is 0 Å². The number of ether oxygens (including phenoxy) is 1. The number of rotatable bonds is 11. The molecule has 162 valence electrons. The van der Waals surface area contributed by atoms with Crippen LogP contribution in [-0.2, 0) is 27.9 Å². The van der Waals surface area contributed by atoms with E-state index in [1.165, 1.54) is 25.5 Å². The van der Waals surface area contributed by atoms with Crippen LogP contribution in [0.3, 0.4) is 0 Å². The topological polar surface area (TPSA) is 84.7 Å². The van der Waals surface area contributed by atoms with Gasteiger partial charge in [-0.3, -0.25) is 13.9 Å². The number of carbonyl (C=O) groups is 1. The number of piperidine rings is 1. The molecule has 1 atom stereocenters. The molecule has 3 rings (SSSR count). The third-order valence-electron chi connectivity index (χ3n) is 4.77. The fourth-order valence-corrected chi connectivity index (χ4v) is 4.26. The minimum atomic E-state index is -1.29. The molecule has 0 unspecified atom stereocenters. The predicted octanol–water partition coefficient (Wildman–Crippen LogP) is 2.66. The van der Waals surface area contributed by atoms with E-state index in [9.17, 15) is 9.00 Å². The normalized spacial score (nSPS) is 15.9. The average molecular weight is 432 g/mol. The molecule has 3 heterocycles. The van der Waals surface area contributed by atoms with Gasteiger partial charge >= 0.3 is 0 Å². The summed E-state index contributed by atoms with van der Waals surface area (Å²) in [7, 11) is -1.29. The van der Waals surface area contributed by atoms with Crippen molar-refractivity contribution < 1.29 is 18.2 Å². The van der Waals surface area contributed by atoms with Crippen molar-refractivity contribution in [2.24, 2.45) is 0 Å². The Morgan fingerprint density at radius 2 is 2.10 bits per heavy atom. The number of amides is 1. The van der Waals surface area contributed by atoms with Gasteiger partial charge < -0.3 is 14.5 Å². The second kappa shape index (κ2) is 12.3. The number of nitrogens with zero attached hydrogens (tertiary/aromatic N) is 2. The van der Waals surface area contributed by atoms with Crippen LogP contribution in [0.2, 0.25) is 0 Å². The first kappa shape index (κ1) is 22.2. The molecule has 1 fully saturated rings. The lowest BCUT2D eigenvalue weighted by Gasteiger charge is -2.26. The Morgan fingerprint density at radius 1 is 1.23 bits per heavy atom. The van der Waals surface area contributed by atoms with Crippen LogP contribution in [0.25, 0.3) is 0 Å². The molecule has 0 saturated carbocycles. The zero-order valence-corrected chi connectivity index (χ0v) is 17.9. The highest BCUT2D eigenvalue weighted by Crippen LogP contribution is 2.19. The Kier molecular flexibility index (Phi) is 9.11. The van der Waals surface area contributed by atoms with E-state index >= 15 is 0 Å². The predicted molar refractivity (Wildman–Crippen MR) is 116 cm³/mol. The second-order valence-electron chi connectivity index (χ2n) is 7.20. The molecule has 2 aromatic rings. The highest BCUT2D eigenvalue weighted by Gasteiger charge is 2.13. The molecule has 0 aromatic carbocycles. The van der Waals surface area contributed by atoms with Gasteiger partial charge in [0.15, 0.2) is 0 Å². The van der Waals surface area contributed by atoms with E-state index in [4.69, 9.17) is 9.15 Å². The fraction of sp³-hybridized carbons (Fsp3) is 0.455. The Balaban J connectivity index is 1.34. The zero-order valence-electron chi connectivity index (χ0n) is 17.1. The summed E-state index contributed by atoms with van der Waals surface area (Å²) in [5.74, 6) is 1.23. The molecule has 1 amide bonds. The fourth-order valence-electron chi connectivity index (χ4n) is 3.29. The van der Waals surface area contributed by atoms with Crippen LogP contribution in [0.4, 0.5) is 0 Å². The maximum Gasteiger partial charge on any atom is 0.232 e. The molecule has 0 spiro atoms. The van der Waals surface area contributed by atoms with Crippen molar-refractivity contribution in [3.05, 3.63) is 60.2 Å². The molecule has 1 N–H and O–H groups in total. The minimum absolute atomic E-state index is 0.0428. The standard InChI is InChI=1S/C22H29N3O4S/c26-21(18-30(27)17-20-9-7-15-28-20)23-10-2-5-14-29-22-19(8-6-11-24-22)16-25-12-3-1-4-13-25/h2,5-9,11,15H,1,3-4,10,12-14,16-18H2,(H,23,26)/b5-2-/t30-/m1/s1. The van der Waals surface area contributed by atoms with Gasteiger partial charge in [0.2, 0.25) is 11.8 Å². The smallest absolute Gasteiger partial charge is 0.232 e. The Morgan fingerprint density at radius 3 is 2.90 bits per heavy atom. The molecule has 8 heteroatoms. The molecule has 1 aliphatic heterocycles. The van der Waals surface area contributed by atoms with Crippen molar-refractivity contribution >= 4 is 16.7 Å². The van der Waals surface area contributed by atoms with E-state index in [1.54, 1.807) is 18.3 Å². The van der Waals surface area contributed by atoms with Crippen LogP contribution < -0.4 is 10.1 Å². The third kappa shape index (κ3) is 7.76. The summed E-state index contributed by atoms with van der Waals surface area (Å²) in [6.45, 7) is 3.85. The summed E-state index contributed by atoms with van der Waals surface area (Å²) in [6, 6.07) is 7.48. The first-order valence-corrected chi connectivity index (χ1v) is 11.8. The maximum atomic E-state index is 11.9. The van der Waals surface area contributed by atoms with E-state index in [0.29, 0.717) is 24.8 Å². The van der Waals surface area contributed by atoms with Crippen LogP contribution >= 0.6 is 0 Å². The van der Waals surface area contributed by atoms with Crippen molar-refractivity contribution in [3.8, 4) is 5.88 Å². The summed E-state index contributed by atoms with van der Waals surface area (Å²) in [5.41, 5.74) is 1.10. The van der Waals surface area contributed by atoms with Crippen LogP contribution in [0.1, 0.15) is 30.6 Å². The summed E-state index contributed by atoms with van der Waals surface area (Å²) >= 11 is 0. The van der Waals surface area contributed by atoms with Gasteiger partial charge in [-0.2, -0.15) is 0 Å². The van der Waals surface area contributed by atoms with E-state index in [2.05, 4.69) is 21.3 Å². The largest absolute Gasteiger partial charge is 0.473 e. The quantitative estimate of drug-likeness (QED) is 0.551. The molecular formula is C22H29N3O4S. The molecule has 0 radical (unpaired) electrons.